The van der Waals surface area contributed by atoms with Crippen molar-refractivity contribution in [3.05, 3.63) is 65.7 Å². The van der Waals surface area contributed by atoms with Crippen LogP contribution >= 0.6 is 0 Å². The Morgan fingerprint density at radius 1 is 0.944 bits per heavy atom. The molecule has 0 aliphatic rings. The van der Waals surface area contributed by atoms with E-state index in [-0.39, 0.29) is 6.61 Å². The molecule has 0 saturated heterocycles. The predicted octanol–water partition coefficient (Wildman–Crippen LogP) is 2.99. The van der Waals surface area contributed by atoms with Crippen LogP contribution in [-0.2, 0) is 6.54 Å². The van der Waals surface area contributed by atoms with Gasteiger partial charge in [-0.2, -0.15) is 0 Å². The zero-order valence-corrected chi connectivity index (χ0v) is 10.7. The molecular formula is C16H19NO. The number of nitrogens with zero attached hydrogens (tertiary/aromatic N) is 1. The van der Waals surface area contributed by atoms with Crippen LogP contribution in [0.25, 0.3) is 0 Å². The molecule has 0 spiro atoms. The zero-order valence-electron chi connectivity index (χ0n) is 10.7. The number of aryl methyl sites for hydroxylation is 1. The maximum Gasteiger partial charge on any atom is 0.0606 e. The first-order valence-corrected chi connectivity index (χ1v) is 6.26. The van der Waals surface area contributed by atoms with E-state index in [1.54, 1.807) is 0 Å². The molecule has 0 bridgehead atoms. The Balaban J connectivity index is 2.15. The summed E-state index contributed by atoms with van der Waals surface area (Å²) in [5.41, 5.74) is 3.66. The van der Waals surface area contributed by atoms with Crippen molar-refractivity contribution in [1.82, 2.24) is 0 Å². The summed E-state index contributed by atoms with van der Waals surface area (Å²) >= 11 is 0. The highest BCUT2D eigenvalue weighted by Crippen LogP contribution is 2.17. The molecule has 94 valence electrons. The second-order valence-corrected chi connectivity index (χ2v) is 4.47. The zero-order chi connectivity index (χ0) is 12.8. The van der Waals surface area contributed by atoms with Gasteiger partial charge in [-0.25, -0.2) is 0 Å². The lowest BCUT2D eigenvalue weighted by molar-refractivity contribution is 0.301. The molecule has 0 heterocycles. The van der Waals surface area contributed by atoms with Crippen LogP contribution < -0.4 is 4.90 Å². The van der Waals surface area contributed by atoms with E-state index in [1.165, 1.54) is 11.1 Å². The molecule has 0 fully saturated rings. The third-order valence-corrected chi connectivity index (χ3v) is 2.99. The van der Waals surface area contributed by atoms with Gasteiger partial charge in [0.05, 0.1) is 6.61 Å². The van der Waals surface area contributed by atoms with E-state index in [9.17, 15) is 5.11 Å². The summed E-state index contributed by atoms with van der Waals surface area (Å²) in [4.78, 5) is 2.19. The van der Waals surface area contributed by atoms with Gasteiger partial charge in [0.25, 0.3) is 0 Å². The van der Waals surface area contributed by atoms with Gasteiger partial charge in [-0.15, -0.1) is 0 Å². The lowest BCUT2D eigenvalue weighted by Crippen LogP contribution is -2.25. The first-order chi connectivity index (χ1) is 8.79. The van der Waals surface area contributed by atoms with E-state index in [4.69, 9.17) is 0 Å². The van der Waals surface area contributed by atoms with Crippen LogP contribution in [0, 0.1) is 6.92 Å². The number of benzene rings is 2. The Morgan fingerprint density at radius 3 is 2.22 bits per heavy atom. The van der Waals surface area contributed by atoms with E-state index in [0.29, 0.717) is 6.54 Å². The number of aliphatic hydroxyl groups is 1. The largest absolute Gasteiger partial charge is 0.395 e. The summed E-state index contributed by atoms with van der Waals surface area (Å²) < 4.78 is 0. The highest BCUT2D eigenvalue weighted by molar-refractivity contribution is 5.48. The van der Waals surface area contributed by atoms with E-state index >= 15 is 0 Å². The van der Waals surface area contributed by atoms with Crippen molar-refractivity contribution in [2.24, 2.45) is 0 Å². The van der Waals surface area contributed by atoms with Gasteiger partial charge < -0.3 is 10.0 Å². The smallest absolute Gasteiger partial charge is 0.0606 e. The Bertz CT molecular complexity index is 464. The Labute approximate surface area is 109 Å². The molecular weight excluding hydrogens is 222 g/mol. The van der Waals surface area contributed by atoms with Crippen LogP contribution in [-0.4, -0.2) is 18.3 Å². The van der Waals surface area contributed by atoms with Gasteiger partial charge in [0.1, 0.15) is 0 Å². The first kappa shape index (κ1) is 12.7. The van der Waals surface area contributed by atoms with E-state index in [1.807, 2.05) is 18.2 Å². The maximum absolute atomic E-state index is 9.19. The van der Waals surface area contributed by atoms with Gasteiger partial charge in [-0.1, -0.05) is 48.0 Å². The van der Waals surface area contributed by atoms with Crippen molar-refractivity contribution < 1.29 is 5.11 Å². The van der Waals surface area contributed by atoms with Gasteiger partial charge in [-0.05, 0) is 24.6 Å². The minimum Gasteiger partial charge on any atom is -0.395 e. The fourth-order valence-electron chi connectivity index (χ4n) is 1.98. The third-order valence-electron chi connectivity index (χ3n) is 2.99. The summed E-state index contributed by atoms with van der Waals surface area (Å²) in [6.07, 6.45) is 0. The summed E-state index contributed by atoms with van der Waals surface area (Å²) in [7, 11) is 0. The molecule has 0 radical (unpaired) electrons. The van der Waals surface area contributed by atoms with Crippen LogP contribution in [0.3, 0.4) is 0 Å². The van der Waals surface area contributed by atoms with Crippen LogP contribution in [0.1, 0.15) is 11.1 Å². The van der Waals surface area contributed by atoms with Crippen LogP contribution in [0.15, 0.2) is 54.6 Å². The first-order valence-electron chi connectivity index (χ1n) is 6.26. The average molecular weight is 241 g/mol. The fraction of sp³-hybridized carbons (Fsp3) is 0.250. The number of hydrogen-bond acceptors (Lipinski definition) is 2. The monoisotopic (exact) mass is 241 g/mol. The highest BCUT2D eigenvalue weighted by Gasteiger charge is 2.06. The molecule has 0 aliphatic carbocycles. The Hall–Kier alpha value is -1.80. The topological polar surface area (TPSA) is 23.5 Å². The number of anilines is 1. The number of hydrogen-bond donors (Lipinski definition) is 1. The van der Waals surface area contributed by atoms with Crippen LogP contribution in [0.4, 0.5) is 5.69 Å². The minimum absolute atomic E-state index is 0.167. The molecule has 0 unspecified atom stereocenters. The normalized spacial score (nSPS) is 10.3. The van der Waals surface area contributed by atoms with Crippen molar-refractivity contribution in [3.63, 3.8) is 0 Å². The molecule has 0 aromatic heterocycles. The molecule has 0 aliphatic heterocycles. The van der Waals surface area contributed by atoms with Crippen molar-refractivity contribution in [3.8, 4) is 0 Å². The van der Waals surface area contributed by atoms with Crippen molar-refractivity contribution in [2.75, 3.05) is 18.1 Å². The van der Waals surface area contributed by atoms with Crippen molar-refractivity contribution in [1.29, 1.82) is 0 Å². The minimum atomic E-state index is 0.167. The summed E-state index contributed by atoms with van der Waals surface area (Å²) in [5, 5.41) is 9.19. The molecule has 0 amide bonds. The van der Waals surface area contributed by atoms with E-state index < -0.39 is 0 Å². The number of rotatable bonds is 5. The van der Waals surface area contributed by atoms with Gasteiger partial charge in [0.2, 0.25) is 0 Å². The molecule has 2 rings (SSSR count). The molecule has 2 aromatic carbocycles. The predicted molar refractivity (Wildman–Crippen MR) is 75.8 cm³/mol. The second kappa shape index (κ2) is 6.22. The molecule has 0 atom stereocenters. The van der Waals surface area contributed by atoms with Crippen molar-refractivity contribution >= 4 is 5.69 Å². The summed E-state index contributed by atoms with van der Waals surface area (Å²) in [6, 6.07) is 18.7. The molecule has 2 aromatic rings. The van der Waals surface area contributed by atoms with Crippen LogP contribution in [0.2, 0.25) is 0 Å². The van der Waals surface area contributed by atoms with Gasteiger partial charge in [0, 0.05) is 18.8 Å². The average Bonchev–Trinajstić information content (AvgIpc) is 2.40. The van der Waals surface area contributed by atoms with Crippen molar-refractivity contribution in [2.45, 2.75) is 13.5 Å². The van der Waals surface area contributed by atoms with Gasteiger partial charge in [-0.3, -0.25) is 0 Å². The van der Waals surface area contributed by atoms with Gasteiger partial charge >= 0.3 is 0 Å². The molecule has 2 heteroatoms. The highest BCUT2D eigenvalue weighted by atomic mass is 16.3. The molecule has 1 N–H and O–H groups in total. The molecule has 18 heavy (non-hydrogen) atoms. The fourth-order valence-corrected chi connectivity index (χ4v) is 1.98. The Morgan fingerprint density at radius 2 is 1.61 bits per heavy atom. The lowest BCUT2D eigenvalue weighted by atomic mass is 10.1. The maximum atomic E-state index is 9.19. The Kier molecular flexibility index (Phi) is 4.37. The van der Waals surface area contributed by atoms with Crippen LogP contribution in [0.5, 0.6) is 0 Å². The van der Waals surface area contributed by atoms with E-state index in [0.717, 1.165) is 12.2 Å². The summed E-state index contributed by atoms with van der Waals surface area (Å²) in [6.45, 7) is 3.72. The second-order valence-electron chi connectivity index (χ2n) is 4.47. The lowest BCUT2D eigenvalue weighted by Gasteiger charge is -2.24. The van der Waals surface area contributed by atoms with E-state index in [2.05, 4.69) is 48.2 Å². The van der Waals surface area contributed by atoms with Gasteiger partial charge in [0.15, 0.2) is 0 Å². The SMILES string of the molecule is Cc1ccc(N(CCO)Cc2ccccc2)cc1. The third kappa shape index (κ3) is 3.34. The standard InChI is InChI=1S/C16H19NO/c1-14-7-9-16(10-8-14)17(11-12-18)13-15-5-3-2-4-6-15/h2-10,18H,11-13H2,1H3. The molecule has 0 saturated carbocycles. The summed E-state index contributed by atoms with van der Waals surface area (Å²) in [5.74, 6) is 0. The quantitative estimate of drug-likeness (QED) is 0.870. The molecule has 2 nitrogen and oxygen atoms in total. The number of aliphatic hydroxyl groups excluding tert-OH is 1.